The van der Waals surface area contributed by atoms with Crippen LogP contribution in [-0.4, -0.2) is 25.9 Å². The zero-order valence-corrected chi connectivity index (χ0v) is 13.3. The lowest BCUT2D eigenvalue weighted by molar-refractivity contribution is 0.557. The fraction of sp³-hybridized carbons (Fsp3) is 0.278. The Bertz CT molecular complexity index is 868. The second-order valence-electron chi connectivity index (χ2n) is 5.85. The third-order valence-electron chi connectivity index (χ3n) is 4.39. The predicted molar refractivity (Wildman–Crippen MR) is 90.4 cm³/mol. The zero-order chi connectivity index (χ0) is 16.4. The van der Waals surface area contributed by atoms with E-state index in [4.69, 9.17) is 10.4 Å². The molecule has 2 aromatic heterocycles. The lowest BCUT2D eigenvalue weighted by Crippen LogP contribution is -2.25. The summed E-state index contributed by atoms with van der Waals surface area (Å²) in [4.78, 5) is 4.08. The molecule has 1 aromatic carbocycles. The molecule has 6 nitrogen and oxygen atoms in total. The summed E-state index contributed by atoms with van der Waals surface area (Å²) >= 11 is 0. The smallest absolute Gasteiger partial charge is 0.0991 e. The van der Waals surface area contributed by atoms with E-state index in [0.717, 1.165) is 36.5 Å². The van der Waals surface area contributed by atoms with Crippen LogP contribution in [0.15, 0.2) is 43.0 Å². The van der Waals surface area contributed by atoms with Gasteiger partial charge in [-0.15, -0.1) is 0 Å². The Balaban J connectivity index is 1.71. The van der Waals surface area contributed by atoms with Gasteiger partial charge in [0.15, 0.2) is 0 Å². The summed E-state index contributed by atoms with van der Waals surface area (Å²) in [7, 11) is 0. The average Bonchev–Trinajstić information content (AvgIpc) is 3.29. The highest BCUT2D eigenvalue weighted by molar-refractivity contribution is 5.65. The fourth-order valence-electron chi connectivity index (χ4n) is 3.20. The van der Waals surface area contributed by atoms with Crippen molar-refractivity contribution in [2.45, 2.75) is 25.9 Å². The minimum Gasteiger partial charge on any atom is -0.312 e. The number of aromatic nitrogens is 4. The molecule has 3 heterocycles. The van der Waals surface area contributed by atoms with Crippen LogP contribution in [0.5, 0.6) is 0 Å². The van der Waals surface area contributed by atoms with Crippen LogP contribution in [0.25, 0.3) is 16.9 Å². The number of hydrogen-bond acceptors (Lipinski definition) is 4. The fourth-order valence-corrected chi connectivity index (χ4v) is 3.20. The Hall–Kier alpha value is -2.91. The largest absolute Gasteiger partial charge is 0.312 e. The molecule has 0 bridgehead atoms. The van der Waals surface area contributed by atoms with Gasteiger partial charge in [-0.3, -0.25) is 4.68 Å². The Labute approximate surface area is 140 Å². The van der Waals surface area contributed by atoms with Crippen molar-refractivity contribution in [1.29, 1.82) is 5.26 Å². The van der Waals surface area contributed by atoms with E-state index in [-0.39, 0.29) is 0 Å². The summed E-state index contributed by atoms with van der Waals surface area (Å²) in [6, 6.07) is 10.6. The topological polar surface area (TPSA) is 71.5 Å². The Morgan fingerprint density at radius 3 is 2.88 bits per heavy atom. The zero-order valence-electron chi connectivity index (χ0n) is 13.3. The second-order valence-corrected chi connectivity index (χ2v) is 5.85. The lowest BCUT2D eigenvalue weighted by Gasteiger charge is -2.15. The van der Waals surface area contributed by atoms with Gasteiger partial charge in [0.1, 0.15) is 0 Å². The molecule has 1 aliphatic rings. The maximum Gasteiger partial charge on any atom is 0.0991 e. The molecule has 0 saturated heterocycles. The van der Waals surface area contributed by atoms with Gasteiger partial charge >= 0.3 is 0 Å². The number of nitriles is 1. The summed E-state index contributed by atoms with van der Waals surface area (Å²) in [5.41, 5.74) is 5.72. The van der Waals surface area contributed by atoms with E-state index in [2.05, 4.69) is 40.6 Å². The van der Waals surface area contributed by atoms with Gasteiger partial charge < -0.3 is 9.88 Å². The van der Waals surface area contributed by atoms with Gasteiger partial charge in [-0.05, 0) is 12.1 Å². The third-order valence-corrected chi connectivity index (χ3v) is 4.39. The number of hydrogen-bond donors (Lipinski definition) is 1. The van der Waals surface area contributed by atoms with Crippen LogP contribution in [0, 0.1) is 11.3 Å². The maximum atomic E-state index is 8.87. The van der Waals surface area contributed by atoms with E-state index in [0.29, 0.717) is 13.0 Å². The molecule has 1 aliphatic heterocycles. The van der Waals surface area contributed by atoms with Gasteiger partial charge in [-0.2, -0.15) is 10.4 Å². The second kappa shape index (κ2) is 6.30. The Kier molecular flexibility index (Phi) is 3.85. The molecular formula is C18H18N6. The van der Waals surface area contributed by atoms with Crippen LogP contribution in [0.2, 0.25) is 0 Å². The van der Waals surface area contributed by atoms with Crippen molar-refractivity contribution < 1.29 is 0 Å². The highest BCUT2D eigenvalue weighted by atomic mass is 15.3. The SMILES string of the molecule is N#CCCn1nc(-c2ccc(-n3ccnc3)cc2)c2c1CCNC2. The van der Waals surface area contributed by atoms with Gasteiger partial charge in [0.25, 0.3) is 0 Å². The van der Waals surface area contributed by atoms with Crippen molar-refractivity contribution >= 4 is 0 Å². The minimum atomic E-state index is 0.487. The maximum absolute atomic E-state index is 8.87. The van der Waals surface area contributed by atoms with Gasteiger partial charge in [0.05, 0.1) is 31.1 Å². The molecule has 0 saturated carbocycles. The first-order valence-electron chi connectivity index (χ1n) is 8.12. The lowest BCUT2D eigenvalue weighted by atomic mass is 10.0. The molecule has 0 amide bonds. The van der Waals surface area contributed by atoms with Crippen LogP contribution < -0.4 is 5.32 Å². The monoisotopic (exact) mass is 318 g/mol. The van der Waals surface area contributed by atoms with Crippen molar-refractivity contribution in [3.63, 3.8) is 0 Å². The van der Waals surface area contributed by atoms with E-state index in [9.17, 15) is 0 Å². The minimum absolute atomic E-state index is 0.487. The summed E-state index contributed by atoms with van der Waals surface area (Å²) < 4.78 is 3.99. The molecule has 0 fully saturated rings. The molecule has 0 unspecified atom stereocenters. The summed E-state index contributed by atoms with van der Waals surface area (Å²) in [5.74, 6) is 0. The van der Waals surface area contributed by atoms with E-state index in [1.165, 1.54) is 11.3 Å². The number of fused-ring (bicyclic) bond motifs is 1. The summed E-state index contributed by atoms with van der Waals surface area (Å²) in [6.45, 7) is 2.46. The number of rotatable bonds is 4. The van der Waals surface area contributed by atoms with Crippen LogP contribution in [-0.2, 0) is 19.5 Å². The van der Waals surface area contributed by atoms with E-state index < -0.39 is 0 Å². The molecule has 24 heavy (non-hydrogen) atoms. The highest BCUT2D eigenvalue weighted by Gasteiger charge is 2.21. The van der Waals surface area contributed by atoms with Gasteiger partial charge in [-0.1, -0.05) is 12.1 Å². The van der Waals surface area contributed by atoms with Crippen LogP contribution >= 0.6 is 0 Å². The van der Waals surface area contributed by atoms with E-state index in [1.54, 1.807) is 12.5 Å². The first-order valence-corrected chi connectivity index (χ1v) is 8.12. The van der Waals surface area contributed by atoms with E-state index >= 15 is 0 Å². The number of nitrogens with one attached hydrogen (secondary N) is 1. The van der Waals surface area contributed by atoms with Crippen molar-refractivity contribution in [2.24, 2.45) is 0 Å². The molecule has 120 valence electrons. The standard InChI is InChI=1S/C18H18N6/c19-7-1-10-24-17-6-8-20-12-16(17)18(22-24)14-2-4-15(5-3-14)23-11-9-21-13-23/h2-5,9,11,13,20H,1,6,8,10,12H2. The molecule has 0 radical (unpaired) electrons. The molecule has 3 aromatic rings. The molecule has 6 heteroatoms. The van der Waals surface area contributed by atoms with Crippen molar-refractivity contribution in [1.82, 2.24) is 24.6 Å². The average molecular weight is 318 g/mol. The normalized spacial score (nSPS) is 13.5. The number of benzene rings is 1. The number of nitrogens with zero attached hydrogens (tertiary/aromatic N) is 5. The van der Waals surface area contributed by atoms with Crippen molar-refractivity contribution in [3.8, 4) is 23.0 Å². The number of aryl methyl sites for hydroxylation is 1. The first kappa shape index (κ1) is 14.7. The van der Waals surface area contributed by atoms with Gasteiger partial charge in [0.2, 0.25) is 0 Å². The molecular weight excluding hydrogens is 300 g/mol. The Morgan fingerprint density at radius 1 is 1.25 bits per heavy atom. The van der Waals surface area contributed by atoms with E-state index in [1.807, 2.05) is 15.4 Å². The third kappa shape index (κ3) is 2.59. The van der Waals surface area contributed by atoms with Crippen molar-refractivity contribution in [3.05, 3.63) is 54.2 Å². The van der Waals surface area contributed by atoms with Gasteiger partial charge in [-0.25, -0.2) is 4.98 Å². The van der Waals surface area contributed by atoms with Crippen LogP contribution in [0.1, 0.15) is 17.7 Å². The molecule has 0 aliphatic carbocycles. The van der Waals surface area contributed by atoms with Crippen molar-refractivity contribution in [2.75, 3.05) is 6.54 Å². The predicted octanol–water partition coefficient (Wildman–Crippen LogP) is 2.30. The quantitative estimate of drug-likeness (QED) is 0.801. The number of imidazole rings is 1. The molecule has 1 N–H and O–H groups in total. The van der Waals surface area contributed by atoms with Crippen LogP contribution in [0.3, 0.4) is 0 Å². The molecule has 0 spiro atoms. The molecule has 0 atom stereocenters. The highest BCUT2D eigenvalue weighted by Crippen LogP contribution is 2.28. The summed E-state index contributed by atoms with van der Waals surface area (Å²) in [6.07, 6.45) is 6.93. The first-order chi connectivity index (χ1) is 11.9. The Morgan fingerprint density at radius 2 is 2.12 bits per heavy atom. The van der Waals surface area contributed by atoms with Crippen LogP contribution in [0.4, 0.5) is 0 Å². The summed E-state index contributed by atoms with van der Waals surface area (Å²) in [5, 5.41) is 17.1. The van der Waals surface area contributed by atoms with Gasteiger partial charge in [0, 0.05) is 54.4 Å². The molecule has 4 rings (SSSR count).